The molecule has 1 fully saturated rings. The van der Waals surface area contributed by atoms with Crippen molar-refractivity contribution in [3.05, 3.63) is 69.2 Å². The Balaban J connectivity index is 1.92. The van der Waals surface area contributed by atoms with E-state index in [-0.39, 0.29) is 11.9 Å². The van der Waals surface area contributed by atoms with Crippen molar-refractivity contribution in [1.82, 2.24) is 4.90 Å². The number of hydrogen-bond donors (Lipinski definition) is 0. The SMILES string of the molecule is Cc1cc(Cl)c(C(=O)N(Cc2ccccc2)[C@@H](C)C2CC2)cc1Cl. The molecule has 1 aliphatic carbocycles. The molecule has 2 aromatic rings. The fourth-order valence-corrected chi connectivity index (χ4v) is 3.44. The molecule has 0 saturated heterocycles. The van der Waals surface area contributed by atoms with E-state index < -0.39 is 0 Å². The van der Waals surface area contributed by atoms with Gasteiger partial charge in [0.05, 0.1) is 10.6 Å². The standard InChI is InChI=1S/C20H21Cl2NO/c1-13-10-19(22)17(11-18(13)21)20(24)23(14(2)16-8-9-16)12-15-6-4-3-5-7-15/h3-7,10-11,14,16H,8-9,12H2,1-2H3/t14-/m0/s1. The number of halogens is 2. The number of carbonyl (C=O) groups excluding carboxylic acids is 1. The summed E-state index contributed by atoms with van der Waals surface area (Å²) in [5, 5.41) is 1.03. The van der Waals surface area contributed by atoms with E-state index in [1.807, 2.05) is 42.2 Å². The first-order chi connectivity index (χ1) is 11.5. The van der Waals surface area contributed by atoms with Gasteiger partial charge in [0.25, 0.3) is 5.91 Å². The topological polar surface area (TPSA) is 20.3 Å². The summed E-state index contributed by atoms with van der Waals surface area (Å²) in [6, 6.07) is 13.7. The average Bonchev–Trinajstić information content (AvgIpc) is 3.41. The fraction of sp³-hybridized carbons (Fsp3) is 0.350. The van der Waals surface area contributed by atoms with E-state index in [9.17, 15) is 4.79 Å². The minimum Gasteiger partial charge on any atom is -0.331 e. The molecule has 1 saturated carbocycles. The highest BCUT2D eigenvalue weighted by Crippen LogP contribution is 2.37. The molecule has 3 rings (SSSR count). The van der Waals surface area contributed by atoms with Gasteiger partial charge in [-0.15, -0.1) is 0 Å². The molecule has 0 heterocycles. The van der Waals surface area contributed by atoms with Gasteiger partial charge in [0.15, 0.2) is 0 Å². The molecule has 0 aliphatic heterocycles. The molecule has 0 unspecified atom stereocenters. The van der Waals surface area contributed by atoms with Gasteiger partial charge in [0.2, 0.25) is 0 Å². The van der Waals surface area contributed by atoms with Crippen LogP contribution >= 0.6 is 23.2 Å². The first-order valence-electron chi connectivity index (χ1n) is 8.28. The number of rotatable bonds is 5. The van der Waals surface area contributed by atoms with Crippen LogP contribution in [0.25, 0.3) is 0 Å². The van der Waals surface area contributed by atoms with Crippen LogP contribution in [-0.2, 0) is 6.54 Å². The van der Waals surface area contributed by atoms with Crippen LogP contribution in [0.1, 0.15) is 41.3 Å². The summed E-state index contributed by atoms with van der Waals surface area (Å²) < 4.78 is 0. The Morgan fingerprint density at radius 3 is 2.46 bits per heavy atom. The van der Waals surface area contributed by atoms with Crippen molar-refractivity contribution < 1.29 is 4.79 Å². The van der Waals surface area contributed by atoms with Crippen LogP contribution < -0.4 is 0 Å². The van der Waals surface area contributed by atoms with E-state index >= 15 is 0 Å². The zero-order valence-corrected chi connectivity index (χ0v) is 15.4. The van der Waals surface area contributed by atoms with Crippen LogP contribution in [0, 0.1) is 12.8 Å². The Hall–Kier alpha value is -1.51. The van der Waals surface area contributed by atoms with Gasteiger partial charge in [0, 0.05) is 17.6 Å². The summed E-state index contributed by atoms with van der Waals surface area (Å²) in [5.41, 5.74) is 2.48. The van der Waals surface area contributed by atoms with E-state index in [2.05, 4.69) is 6.92 Å². The number of aryl methyl sites for hydroxylation is 1. The second-order valence-corrected chi connectivity index (χ2v) is 7.39. The van der Waals surface area contributed by atoms with Crippen molar-refractivity contribution in [2.24, 2.45) is 5.92 Å². The van der Waals surface area contributed by atoms with E-state index in [0.29, 0.717) is 28.1 Å². The number of amides is 1. The molecule has 2 aromatic carbocycles. The van der Waals surface area contributed by atoms with E-state index in [1.165, 1.54) is 12.8 Å². The third-order valence-electron chi connectivity index (χ3n) is 4.73. The van der Waals surface area contributed by atoms with E-state index in [1.54, 1.807) is 12.1 Å². The third kappa shape index (κ3) is 3.76. The lowest BCUT2D eigenvalue weighted by Gasteiger charge is -2.30. The highest BCUT2D eigenvalue weighted by atomic mass is 35.5. The molecular formula is C20H21Cl2NO. The first-order valence-corrected chi connectivity index (χ1v) is 9.03. The van der Waals surface area contributed by atoms with Gasteiger partial charge in [-0.2, -0.15) is 0 Å². The quantitative estimate of drug-likeness (QED) is 0.664. The van der Waals surface area contributed by atoms with Gasteiger partial charge < -0.3 is 4.90 Å². The lowest BCUT2D eigenvalue weighted by Crippen LogP contribution is -2.39. The molecule has 0 radical (unpaired) electrons. The van der Waals surface area contributed by atoms with Crippen molar-refractivity contribution in [2.45, 2.75) is 39.3 Å². The normalized spacial score (nSPS) is 15.2. The van der Waals surface area contributed by atoms with Crippen molar-refractivity contribution in [3.8, 4) is 0 Å². The zero-order chi connectivity index (χ0) is 17.3. The highest BCUT2D eigenvalue weighted by Gasteiger charge is 2.35. The zero-order valence-electron chi connectivity index (χ0n) is 13.9. The number of carbonyl (C=O) groups is 1. The molecule has 0 N–H and O–H groups in total. The van der Waals surface area contributed by atoms with Crippen molar-refractivity contribution >= 4 is 29.1 Å². The van der Waals surface area contributed by atoms with Gasteiger partial charge in [0.1, 0.15) is 0 Å². The first kappa shape index (κ1) is 17.3. The van der Waals surface area contributed by atoms with Crippen molar-refractivity contribution in [1.29, 1.82) is 0 Å². The van der Waals surface area contributed by atoms with Gasteiger partial charge >= 0.3 is 0 Å². The van der Waals surface area contributed by atoms with E-state index in [0.717, 1.165) is 11.1 Å². The minimum atomic E-state index is -0.0508. The lowest BCUT2D eigenvalue weighted by atomic mass is 10.1. The van der Waals surface area contributed by atoms with Gasteiger partial charge in [-0.3, -0.25) is 4.79 Å². The van der Waals surface area contributed by atoms with Crippen LogP contribution in [0.5, 0.6) is 0 Å². The summed E-state index contributed by atoms with van der Waals surface area (Å²) in [6.07, 6.45) is 2.37. The monoisotopic (exact) mass is 361 g/mol. The van der Waals surface area contributed by atoms with Crippen LogP contribution in [0.3, 0.4) is 0 Å². The molecule has 1 atom stereocenters. The highest BCUT2D eigenvalue weighted by molar-refractivity contribution is 6.36. The molecule has 2 nitrogen and oxygen atoms in total. The second kappa shape index (κ2) is 7.16. The molecule has 0 spiro atoms. The summed E-state index contributed by atoms with van der Waals surface area (Å²) in [6.45, 7) is 4.60. The second-order valence-electron chi connectivity index (χ2n) is 6.58. The molecule has 126 valence electrons. The predicted octanol–water partition coefficient (Wildman–Crippen LogP) is 5.74. The molecule has 0 aromatic heterocycles. The molecule has 1 amide bonds. The Labute approximate surface area is 153 Å². The molecule has 4 heteroatoms. The average molecular weight is 362 g/mol. The maximum atomic E-state index is 13.2. The largest absolute Gasteiger partial charge is 0.331 e. The summed E-state index contributed by atoms with van der Waals surface area (Å²) in [7, 11) is 0. The number of hydrogen-bond acceptors (Lipinski definition) is 1. The van der Waals surface area contributed by atoms with Crippen LogP contribution in [-0.4, -0.2) is 16.8 Å². The molecule has 0 bridgehead atoms. The smallest absolute Gasteiger partial charge is 0.255 e. The van der Waals surface area contributed by atoms with Crippen LogP contribution in [0.4, 0.5) is 0 Å². The van der Waals surface area contributed by atoms with Crippen molar-refractivity contribution in [2.75, 3.05) is 0 Å². The van der Waals surface area contributed by atoms with Crippen LogP contribution in [0.2, 0.25) is 10.0 Å². The lowest BCUT2D eigenvalue weighted by molar-refractivity contribution is 0.0654. The Bertz CT molecular complexity index is 741. The van der Waals surface area contributed by atoms with Gasteiger partial charge in [-0.25, -0.2) is 0 Å². The number of nitrogens with zero attached hydrogens (tertiary/aromatic N) is 1. The van der Waals surface area contributed by atoms with Crippen molar-refractivity contribution in [3.63, 3.8) is 0 Å². The maximum Gasteiger partial charge on any atom is 0.255 e. The van der Waals surface area contributed by atoms with Crippen LogP contribution in [0.15, 0.2) is 42.5 Å². The van der Waals surface area contributed by atoms with Gasteiger partial charge in [-0.1, -0.05) is 53.5 Å². The van der Waals surface area contributed by atoms with E-state index in [4.69, 9.17) is 23.2 Å². The maximum absolute atomic E-state index is 13.2. The Morgan fingerprint density at radius 1 is 1.17 bits per heavy atom. The van der Waals surface area contributed by atoms with Gasteiger partial charge in [-0.05, 0) is 55.9 Å². The summed E-state index contributed by atoms with van der Waals surface area (Å²) in [5.74, 6) is 0.530. The summed E-state index contributed by atoms with van der Waals surface area (Å²) >= 11 is 12.6. The predicted molar refractivity (Wildman–Crippen MR) is 99.7 cm³/mol. The third-order valence-corrected chi connectivity index (χ3v) is 5.45. The Kier molecular flexibility index (Phi) is 5.17. The molecule has 1 aliphatic rings. The minimum absolute atomic E-state index is 0.0508. The molecule has 24 heavy (non-hydrogen) atoms. The Morgan fingerprint density at radius 2 is 1.83 bits per heavy atom. The number of benzene rings is 2. The summed E-state index contributed by atoms with van der Waals surface area (Å²) in [4.78, 5) is 15.1. The fourth-order valence-electron chi connectivity index (χ4n) is 2.98. The molecular weight excluding hydrogens is 341 g/mol.